The Balaban J connectivity index is 2.92. The lowest BCUT2D eigenvalue weighted by Gasteiger charge is -2.13. The predicted molar refractivity (Wildman–Crippen MR) is 50.8 cm³/mol. The van der Waals surface area contributed by atoms with Crippen molar-refractivity contribution in [2.45, 2.75) is 6.04 Å². The molecule has 0 radical (unpaired) electrons. The van der Waals surface area contributed by atoms with Gasteiger partial charge in [0.2, 0.25) is 0 Å². The fourth-order valence-corrected chi connectivity index (χ4v) is 1.49. The zero-order valence-corrected chi connectivity index (χ0v) is 8.37. The number of aliphatic hydroxyl groups excluding tert-OH is 1. The maximum absolute atomic E-state index is 8.99. The first kappa shape index (κ1) is 9.64. The Morgan fingerprint density at radius 1 is 1.75 bits per heavy atom. The van der Waals surface area contributed by atoms with Crippen LogP contribution in [0.1, 0.15) is 11.6 Å². The van der Waals surface area contributed by atoms with Crippen molar-refractivity contribution in [1.29, 1.82) is 0 Å². The smallest absolute Gasteiger partial charge is 0.0627 e. The quantitative estimate of drug-likeness (QED) is 0.818. The number of hydrogen-bond donors (Lipinski definition) is 2. The molecule has 0 aliphatic rings. The van der Waals surface area contributed by atoms with Gasteiger partial charge in [-0.1, -0.05) is 15.9 Å². The van der Waals surface area contributed by atoms with Crippen molar-refractivity contribution in [1.82, 2.24) is 10.3 Å². The predicted octanol–water partition coefficient (Wildman–Crippen LogP) is 1.10. The van der Waals surface area contributed by atoms with Crippen LogP contribution < -0.4 is 5.32 Å². The molecule has 0 amide bonds. The number of rotatable bonds is 3. The van der Waals surface area contributed by atoms with Crippen molar-refractivity contribution in [2.75, 3.05) is 13.7 Å². The first-order valence-electron chi connectivity index (χ1n) is 3.67. The standard InChI is InChI=1S/C8H11BrN2O/c1-10-8(5-12)6-4-11-3-2-7(6)9/h2-4,8,10,12H,5H2,1H3/t8-/m1/s1. The van der Waals surface area contributed by atoms with Crippen LogP contribution in [-0.2, 0) is 0 Å². The average Bonchev–Trinajstić information content (AvgIpc) is 2.10. The van der Waals surface area contributed by atoms with Gasteiger partial charge in [-0.15, -0.1) is 0 Å². The fraction of sp³-hybridized carbons (Fsp3) is 0.375. The second-order valence-corrected chi connectivity index (χ2v) is 3.28. The molecule has 2 N–H and O–H groups in total. The summed E-state index contributed by atoms with van der Waals surface area (Å²) < 4.78 is 0.964. The molecule has 66 valence electrons. The zero-order chi connectivity index (χ0) is 8.97. The van der Waals surface area contributed by atoms with Crippen LogP contribution in [0.5, 0.6) is 0 Å². The highest BCUT2D eigenvalue weighted by Crippen LogP contribution is 2.21. The van der Waals surface area contributed by atoms with Gasteiger partial charge in [0, 0.05) is 22.4 Å². The molecule has 0 aliphatic carbocycles. The van der Waals surface area contributed by atoms with Crippen LogP contribution in [0.3, 0.4) is 0 Å². The number of aliphatic hydroxyl groups is 1. The van der Waals surface area contributed by atoms with E-state index < -0.39 is 0 Å². The fourth-order valence-electron chi connectivity index (χ4n) is 0.991. The second kappa shape index (κ2) is 4.54. The minimum absolute atomic E-state index is 0.0481. The Hall–Kier alpha value is -0.450. The van der Waals surface area contributed by atoms with E-state index in [1.807, 2.05) is 6.07 Å². The molecule has 1 aromatic heterocycles. The van der Waals surface area contributed by atoms with Gasteiger partial charge in [0.1, 0.15) is 0 Å². The lowest BCUT2D eigenvalue weighted by atomic mass is 10.1. The number of nitrogens with one attached hydrogen (secondary N) is 1. The molecule has 4 heteroatoms. The molecule has 0 spiro atoms. The molecule has 0 unspecified atom stereocenters. The molecule has 1 rings (SSSR count). The second-order valence-electron chi connectivity index (χ2n) is 2.42. The highest BCUT2D eigenvalue weighted by atomic mass is 79.9. The number of nitrogens with zero attached hydrogens (tertiary/aromatic N) is 1. The maximum Gasteiger partial charge on any atom is 0.0627 e. The van der Waals surface area contributed by atoms with Crippen LogP contribution in [0.4, 0.5) is 0 Å². The highest BCUT2D eigenvalue weighted by Gasteiger charge is 2.10. The number of aromatic nitrogens is 1. The van der Waals surface area contributed by atoms with Gasteiger partial charge in [0.25, 0.3) is 0 Å². The molecule has 1 aromatic rings. The van der Waals surface area contributed by atoms with Crippen molar-refractivity contribution < 1.29 is 5.11 Å². The van der Waals surface area contributed by atoms with E-state index in [2.05, 4.69) is 26.2 Å². The van der Waals surface area contributed by atoms with E-state index in [9.17, 15) is 0 Å². The van der Waals surface area contributed by atoms with Gasteiger partial charge < -0.3 is 10.4 Å². The maximum atomic E-state index is 8.99. The molecule has 1 atom stereocenters. The molecule has 0 bridgehead atoms. The average molecular weight is 231 g/mol. The molecular weight excluding hydrogens is 220 g/mol. The Morgan fingerprint density at radius 3 is 3.00 bits per heavy atom. The molecule has 12 heavy (non-hydrogen) atoms. The van der Waals surface area contributed by atoms with Gasteiger partial charge in [-0.25, -0.2) is 0 Å². The molecule has 3 nitrogen and oxygen atoms in total. The molecule has 0 fully saturated rings. The van der Waals surface area contributed by atoms with E-state index in [0.29, 0.717) is 0 Å². The Bertz CT molecular complexity index is 251. The van der Waals surface area contributed by atoms with Gasteiger partial charge in [-0.2, -0.15) is 0 Å². The van der Waals surface area contributed by atoms with Crippen molar-refractivity contribution in [3.63, 3.8) is 0 Å². The summed E-state index contributed by atoms with van der Waals surface area (Å²) in [5.41, 5.74) is 0.975. The van der Waals surface area contributed by atoms with E-state index in [1.54, 1.807) is 19.4 Å². The number of likely N-dealkylation sites (N-methyl/N-ethyl adjacent to an activating group) is 1. The SMILES string of the molecule is CN[C@H](CO)c1cnccc1Br. The number of halogens is 1. The molecule has 0 saturated carbocycles. The summed E-state index contributed by atoms with van der Waals surface area (Å²) >= 11 is 3.39. The molecule has 0 saturated heterocycles. The van der Waals surface area contributed by atoms with Crippen molar-refractivity contribution in [3.05, 3.63) is 28.5 Å². The summed E-state index contributed by atoms with van der Waals surface area (Å²) in [6.07, 6.45) is 3.44. The Kier molecular flexibility index (Phi) is 3.65. The van der Waals surface area contributed by atoms with Crippen LogP contribution in [0.2, 0.25) is 0 Å². The zero-order valence-electron chi connectivity index (χ0n) is 6.79. The molecule has 1 heterocycles. The monoisotopic (exact) mass is 230 g/mol. The Labute approximate surface area is 80.0 Å². The molecular formula is C8H11BrN2O. The van der Waals surface area contributed by atoms with Crippen LogP contribution in [0.25, 0.3) is 0 Å². The summed E-state index contributed by atoms with van der Waals surface area (Å²) in [6.45, 7) is 0.0702. The minimum atomic E-state index is -0.0481. The van der Waals surface area contributed by atoms with E-state index in [-0.39, 0.29) is 12.6 Å². The van der Waals surface area contributed by atoms with Gasteiger partial charge in [0.15, 0.2) is 0 Å². The van der Waals surface area contributed by atoms with Crippen molar-refractivity contribution >= 4 is 15.9 Å². The summed E-state index contributed by atoms with van der Waals surface area (Å²) in [7, 11) is 1.81. The van der Waals surface area contributed by atoms with Gasteiger partial charge >= 0.3 is 0 Å². The largest absolute Gasteiger partial charge is 0.394 e. The normalized spacial score (nSPS) is 12.9. The van der Waals surface area contributed by atoms with Crippen LogP contribution >= 0.6 is 15.9 Å². The van der Waals surface area contributed by atoms with Gasteiger partial charge in [-0.05, 0) is 13.1 Å². The molecule has 0 aliphatic heterocycles. The third kappa shape index (κ3) is 2.03. The third-order valence-electron chi connectivity index (χ3n) is 1.70. The lowest BCUT2D eigenvalue weighted by Crippen LogP contribution is -2.20. The lowest BCUT2D eigenvalue weighted by molar-refractivity contribution is 0.250. The summed E-state index contributed by atoms with van der Waals surface area (Å²) in [5.74, 6) is 0. The van der Waals surface area contributed by atoms with Crippen LogP contribution in [0.15, 0.2) is 22.9 Å². The number of hydrogen-bond acceptors (Lipinski definition) is 3. The van der Waals surface area contributed by atoms with Gasteiger partial charge in [0.05, 0.1) is 12.6 Å². The van der Waals surface area contributed by atoms with Crippen LogP contribution in [0, 0.1) is 0 Å². The third-order valence-corrected chi connectivity index (χ3v) is 2.42. The summed E-state index contributed by atoms with van der Waals surface area (Å²) in [6, 6.07) is 1.81. The topological polar surface area (TPSA) is 45.1 Å². The van der Waals surface area contributed by atoms with Crippen LogP contribution in [-0.4, -0.2) is 23.7 Å². The summed E-state index contributed by atoms with van der Waals surface area (Å²) in [5, 5.41) is 12.0. The van der Waals surface area contributed by atoms with E-state index in [0.717, 1.165) is 10.0 Å². The summed E-state index contributed by atoms with van der Waals surface area (Å²) in [4.78, 5) is 3.98. The van der Waals surface area contributed by atoms with Crippen molar-refractivity contribution in [3.8, 4) is 0 Å². The Morgan fingerprint density at radius 2 is 2.50 bits per heavy atom. The van der Waals surface area contributed by atoms with Crippen molar-refractivity contribution in [2.24, 2.45) is 0 Å². The first-order chi connectivity index (χ1) is 5.79. The number of pyridine rings is 1. The van der Waals surface area contributed by atoms with E-state index in [1.165, 1.54) is 0 Å². The van der Waals surface area contributed by atoms with E-state index >= 15 is 0 Å². The minimum Gasteiger partial charge on any atom is -0.394 e. The molecule has 0 aromatic carbocycles. The van der Waals surface area contributed by atoms with Gasteiger partial charge in [-0.3, -0.25) is 4.98 Å². The van der Waals surface area contributed by atoms with E-state index in [4.69, 9.17) is 5.11 Å². The first-order valence-corrected chi connectivity index (χ1v) is 4.46. The highest BCUT2D eigenvalue weighted by molar-refractivity contribution is 9.10.